The summed E-state index contributed by atoms with van der Waals surface area (Å²) in [7, 11) is 0. The Labute approximate surface area is 179 Å². The zero-order valence-corrected chi connectivity index (χ0v) is 17.7. The van der Waals surface area contributed by atoms with Crippen molar-refractivity contribution in [3.05, 3.63) is 81.5 Å². The molecule has 158 valence electrons. The van der Waals surface area contributed by atoms with Crippen molar-refractivity contribution in [1.29, 1.82) is 0 Å². The molecule has 3 rings (SSSR count). The lowest BCUT2D eigenvalue weighted by molar-refractivity contribution is -0.143. The monoisotopic (exact) mass is 433 g/mol. The molecule has 2 aromatic carbocycles. The molecule has 1 unspecified atom stereocenters. The van der Waals surface area contributed by atoms with Crippen molar-refractivity contribution in [3.63, 3.8) is 0 Å². The summed E-state index contributed by atoms with van der Waals surface area (Å²) in [4.78, 5) is 27.2. The van der Waals surface area contributed by atoms with Crippen LogP contribution in [0.25, 0.3) is 0 Å². The van der Waals surface area contributed by atoms with Crippen LogP contribution in [0.4, 0.5) is 8.78 Å². The quantitative estimate of drug-likeness (QED) is 0.596. The van der Waals surface area contributed by atoms with E-state index in [1.165, 1.54) is 17.0 Å². The summed E-state index contributed by atoms with van der Waals surface area (Å²) in [6, 6.07) is 10.0. The maximum absolute atomic E-state index is 13.6. The van der Waals surface area contributed by atoms with Gasteiger partial charge in [-0.3, -0.25) is 4.79 Å². The van der Waals surface area contributed by atoms with Gasteiger partial charge >= 0.3 is 5.97 Å². The largest absolute Gasteiger partial charge is 0.460 e. The second-order valence-corrected chi connectivity index (χ2v) is 7.96. The summed E-state index contributed by atoms with van der Waals surface area (Å²) >= 11 is 5.97. The Bertz CT molecular complexity index is 982. The molecule has 0 aliphatic carbocycles. The van der Waals surface area contributed by atoms with Crippen LogP contribution in [0.2, 0.25) is 5.02 Å². The number of benzene rings is 2. The lowest BCUT2D eigenvalue weighted by Gasteiger charge is -2.35. The first-order valence-electron chi connectivity index (χ1n) is 9.58. The normalized spacial score (nSPS) is 17.0. The molecule has 4 nitrogen and oxygen atoms in total. The molecule has 7 heteroatoms. The van der Waals surface area contributed by atoms with Crippen LogP contribution < -0.4 is 0 Å². The van der Waals surface area contributed by atoms with Crippen LogP contribution in [-0.2, 0) is 20.9 Å². The van der Waals surface area contributed by atoms with Crippen molar-refractivity contribution < 1.29 is 23.1 Å². The third kappa shape index (κ3) is 4.87. The predicted molar refractivity (Wildman–Crippen MR) is 110 cm³/mol. The van der Waals surface area contributed by atoms with Crippen LogP contribution in [0, 0.1) is 11.6 Å². The highest BCUT2D eigenvalue weighted by atomic mass is 35.5. The minimum absolute atomic E-state index is 0.0271. The molecule has 0 N–H and O–H groups in total. The van der Waals surface area contributed by atoms with E-state index in [9.17, 15) is 18.4 Å². The molecule has 0 saturated heterocycles. The highest BCUT2D eigenvalue weighted by Gasteiger charge is 2.37. The van der Waals surface area contributed by atoms with Gasteiger partial charge in [0.05, 0.1) is 18.2 Å². The lowest BCUT2D eigenvalue weighted by atomic mass is 9.83. The van der Waals surface area contributed by atoms with E-state index in [0.29, 0.717) is 21.9 Å². The van der Waals surface area contributed by atoms with Crippen molar-refractivity contribution in [2.45, 2.75) is 45.8 Å². The summed E-state index contributed by atoms with van der Waals surface area (Å²) in [6.45, 7) is 5.08. The van der Waals surface area contributed by atoms with Gasteiger partial charge in [-0.2, -0.15) is 0 Å². The lowest BCUT2D eigenvalue weighted by Crippen LogP contribution is -2.38. The van der Waals surface area contributed by atoms with Crippen molar-refractivity contribution in [2.24, 2.45) is 0 Å². The second-order valence-electron chi connectivity index (χ2n) is 7.52. The van der Waals surface area contributed by atoms with E-state index in [0.717, 1.165) is 11.6 Å². The number of ether oxygens (including phenoxy) is 1. The van der Waals surface area contributed by atoms with Crippen molar-refractivity contribution >= 4 is 23.5 Å². The highest BCUT2D eigenvalue weighted by Crippen LogP contribution is 2.38. The predicted octanol–water partition coefficient (Wildman–Crippen LogP) is 5.36. The first-order chi connectivity index (χ1) is 14.2. The zero-order valence-electron chi connectivity index (χ0n) is 16.9. The van der Waals surface area contributed by atoms with Gasteiger partial charge in [0.2, 0.25) is 5.91 Å². The Morgan fingerprint density at radius 3 is 2.33 bits per heavy atom. The molecular formula is C23H22ClF2NO3. The third-order valence-corrected chi connectivity index (χ3v) is 5.17. The van der Waals surface area contributed by atoms with Gasteiger partial charge in [0, 0.05) is 29.1 Å². The average Bonchev–Trinajstić information content (AvgIpc) is 2.64. The number of hydrogen-bond acceptors (Lipinski definition) is 3. The Morgan fingerprint density at radius 2 is 1.77 bits per heavy atom. The molecule has 1 aliphatic heterocycles. The van der Waals surface area contributed by atoms with Gasteiger partial charge in [-0.25, -0.2) is 13.6 Å². The van der Waals surface area contributed by atoms with Crippen LogP contribution in [0.3, 0.4) is 0 Å². The molecule has 0 aromatic heterocycles. The molecule has 1 atom stereocenters. The first-order valence-corrected chi connectivity index (χ1v) is 9.96. The fourth-order valence-corrected chi connectivity index (χ4v) is 3.74. The average molecular weight is 434 g/mol. The molecule has 1 aliphatic rings. The number of amides is 1. The molecule has 0 radical (unpaired) electrons. The van der Waals surface area contributed by atoms with Crippen LogP contribution in [-0.4, -0.2) is 22.9 Å². The fourth-order valence-electron chi connectivity index (χ4n) is 3.61. The van der Waals surface area contributed by atoms with E-state index >= 15 is 0 Å². The van der Waals surface area contributed by atoms with E-state index in [-0.39, 0.29) is 25.0 Å². The summed E-state index contributed by atoms with van der Waals surface area (Å²) in [5.74, 6) is -2.73. The van der Waals surface area contributed by atoms with E-state index in [2.05, 4.69) is 0 Å². The van der Waals surface area contributed by atoms with Gasteiger partial charge in [0.1, 0.15) is 11.6 Å². The number of hydrogen-bond donors (Lipinski definition) is 0. The topological polar surface area (TPSA) is 46.6 Å². The molecule has 1 amide bonds. The van der Waals surface area contributed by atoms with Gasteiger partial charge in [-0.05, 0) is 56.2 Å². The van der Waals surface area contributed by atoms with E-state index in [4.69, 9.17) is 16.3 Å². The Morgan fingerprint density at radius 1 is 1.17 bits per heavy atom. The van der Waals surface area contributed by atoms with Crippen LogP contribution >= 0.6 is 11.6 Å². The Kier molecular flexibility index (Phi) is 6.56. The zero-order chi connectivity index (χ0) is 22.0. The number of halogens is 3. The number of carbonyl (C=O) groups is 2. The van der Waals surface area contributed by atoms with Crippen molar-refractivity contribution in [2.75, 3.05) is 0 Å². The van der Waals surface area contributed by atoms with Gasteiger partial charge < -0.3 is 9.64 Å². The van der Waals surface area contributed by atoms with E-state index in [1.54, 1.807) is 45.0 Å². The molecular weight excluding hydrogens is 412 g/mol. The molecule has 0 bridgehead atoms. The van der Waals surface area contributed by atoms with Crippen molar-refractivity contribution in [1.82, 2.24) is 4.90 Å². The maximum Gasteiger partial charge on any atom is 0.336 e. The third-order valence-electron chi connectivity index (χ3n) is 4.92. The summed E-state index contributed by atoms with van der Waals surface area (Å²) in [6.07, 6.45) is -0.314. The van der Waals surface area contributed by atoms with Crippen LogP contribution in [0.1, 0.15) is 44.2 Å². The number of esters is 1. The number of rotatable bonds is 5. The molecule has 30 heavy (non-hydrogen) atoms. The molecule has 2 aromatic rings. The first kappa shape index (κ1) is 22.0. The van der Waals surface area contributed by atoms with Gasteiger partial charge in [0.25, 0.3) is 0 Å². The Balaban J connectivity index is 2.04. The van der Waals surface area contributed by atoms with Gasteiger partial charge in [-0.1, -0.05) is 23.7 Å². The summed E-state index contributed by atoms with van der Waals surface area (Å²) in [5, 5.41) is 0.544. The highest BCUT2D eigenvalue weighted by molar-refractivity contribution is 6.30. The Hall–Kier alpha value is -2.73. The van der Waals surface area contributed by atoms with Crippen LogP contribution in [0.15, 0.2) is 53.7 Å². The molecule has 1 heterocycles. The smallest absolute Gasteiger partial charge is 0.336 e. The number of carbonyl (C=O) groups excluding carboxylic acids is 2. The minimum Gasteiger partial charge on any atom is -0.460 e. The number of allylic oxidation sites excluding steroid dienone is 1. The van der Waals surface area contributed by atoms with Crippen molar-refractivity contribution in [3.8, 4) is 0 Å². The van der Waals surface area contributed by atoms with Gasteiger partial charge in [0.15, 0.2) is 0 Å². The minimum atomic E-state index is -0.727. The maximum atomic E-state index is 13.6. The number of nitrogens with zero attached hydrogens (tertiary/aromatic N) is 1. The second kappa shape index (κ2) is 8.96. The molecule has 0 saturated carbocycles. The van der Waals surface area contributed by atoms with Gasteiger partial charge in [-0.15, -0.1) is 0 Å². The van der Waals surface area contributed by atoms with Crippen LogP contribution in [0.5, 0.6) is 0 Å². The van der Waals surface area contributed by atoms with E-state index < -0.39 is 23.5 Å². The summed E-state index contributed by atoms with van der Waals surface area (Å²) < 4.78 is 32.6. The van der Waals surface area contributed by atoms with E-state index in [1.807, 2.05) is 0 Å². The summed E-state index contributed by atoms with van der Waals surface area (Å²) in [5.41, 5.74) is 1.81. The standard InChI is InChI=1S/C23H22ClF2NO3/c1-13(2)30-23(29)22-14(3)27(12-15-8-18(25)10-19(26)9-15)21(28)11-20(22)16-4-6-17(24)7-5-16/h4-10,13,20H,11-12H2,1-3H3. The SMILES string of the molecule is CC1=C(C(=O)OC(C)C)C(c2ccc(Cl)cc2)CC(=O)N1Cc1cc(F)cc(F)c1. The molecule has 0 spiro atoms. The fraction of sp³-hybridized carbons (Fsp3) is 0.304. The molecule has 0 fully saturated rings.